The number of nitrogens with zero attached hydrogens (tertiary/aromatic N) is 3. The second-order valence-electron chi connectivity index (χ2n) is 8.81. The molecule has 0 radical (unpaired) electrons. The van der Waals surface area contributed by atoms with Gasteiger partial charge in [0.05, 0.1) is 19.8 Å². The van der Waals surface area contributed by atoms with Gasteiger partial charge >= 0.3 is 0 Å². The molecule has 220 valence electrons. The zero-order valence-corrected chi connectivity index (χ0v) is 24.3. The molecule has 0 amide bonds. The maximum Gasteiger partial charge on any atom is 0.131 e. The Bertz CT molecular complexity index is 1100. The molecule has 40 heavy (non-hydrogen) atoms. The molecule has 1 aliphatic heterocycles. The van der Waals surface area contributed by atoms with E-state index in [1.807, 2.05) is 32.1 Å². The summed E-state index contributed by atoms with van der Waals surface area (Å²) in [7, 11) is 3.04. The molecule has 1 atom stereocenters. The minimum absolute atomic E-state index is 0.227. The molecular weight excluding hydrogens is 509 g/mol. The van der Waals surface area contributed by atoms with E-state index in [1.165, 1.54) is 18.1 Å². The quantitative estimate of drug-likeness (QED) is 0.115. The van der Waals surface area contributed by atoms with Crippen molar-refractivity contribution in [2.75, 3.05) is 33.9 Å². The van der Waals surface area contributed by atoms with Crippen LogP contribution in [0.2, 0.25) is 0 Å². The number of morpholine rings is 1. The van der Waals surface area contributed by atoms with Gasteiger partial charge in [0.1, 0.15) is 11.6 Å². The molecule has 1 saturated heterocycles. The number of hydrogen-bond acceptors (Lipinski definition) is 9. The van der Waals surface area contributed by atoms with E-state index in [1.54, 1.807) is 43.9 Å². The molecule has 9 nitrogen and oxygen atoms in total. The van der Waals surface area contributed by atoms with Gasteiger partial charge in [-0.15, -0.1) is 0 Å². The fourth-order valence-electron chi connectivity index (χ4n) is 3.91. The molecule has 0 aliphatic carbocycles. The minimum atomic E-state index is -0.288. The van der Waals surface area contributed by atoms with Gasteiger partial charge in [0.2, 0.25) is 0 Å². The van der Waals surface area contributed by atoms with Crippen LogP contribution in [-0.4, -0.2) is 61.8 Å². The van der Waals surface area contributed by atoms with Gasteiger partial charge in [-0.2, -0.15) is 0 Å². The van der Waals surface area contributed by atoms with Crippen LogP contribution in [0.3, 0.4) is 0 Å². The Hall–Kier alpha value is -3.57. The predicted molar refractivity (Wildman–Crippen MR) is 163 cm³/mol. The van der Waals surface area contributed by atoms with Gasteiger partial charge in [-0.1, -0.05) is 31.7 Å². The van der Waals surface area contributed by atoms with Gasteiger partial charge in [0.15, 0.2) is 0 Å². The van der Waals surface area contributed by atoms with E-state index < -0.39 is 0 Å². The number of ether oxygens (including phenoxy) is 2. The van der Waals surface area contributed by atoms with Crippen LogP contribution in [0, 0.1) is 11.2 Å². The second kappa shape index (κ2) is 19.5. The summed E-state index contributed by atoms with van der Waals surface area (Å²) in [6, 6.07) is 4.84. The van der Waals surface area contributed by atoms with E-state index in [0.717, 1.165) is 12.0 Å². The summed E-state index contributed by atoms with van der Waals surface area (Å²) in [4.78, 5) is 6.16. The van der Waals surface area contributed by atoms with Crippen molar-refractivity contribution in [2.24, 2.45) is 22.3 Å². The van der Waals surface area contributed by atoms with E-state index in [0.29, 0.717) is 67.5 Å². The molecule has 1 aromatic rings. The second-order valence-corrected chi connectivity index (χ2v) is 8.81. The minimum Gasteiger partial charge on any atom is -0.496 e. The highest BCUT2D eigenvalue weighted by molar-refractivity contribution is 5.99. The maximum absolute atomic E-state index is 14.4. The zero-order valence-electron chi connectivity index (χ0n) is 24.3. The Morgan fingerprint density at radius 3 is 2.80 bits per heavy atom. The van der Waals surface area contributed by atoms with Crippen LogP contribution in [0.4, 0.5) is 4.39 Å². The van der Waals surface area contributed by atoms with Crippen molar-refractivity contribution in [1.82, 2.24) is 9.91 Å². The first kappa shape index (κ1) is 34.5. The standard InChI is InChI=1S/C29H41FN6O2.CH5N/c1-5-9-24(31)19-23(28(32)11-8-14-34-6-2)18-22(3)36(33)15-13-25-20-35(16-17-38-25)21-26-27(30)10-7-12-29(26)37-4;1-2/h6-10,12-15,18,25,32H,3,5,11,16-17,19-21,31,33H2,1-2,4H3;2H2,1H3/b14-8-,15-13+,23-18+,24-9+,32-28?,34-6?;. The third-order valence-corrected chi connectivity index (χ3v) is 5.90. The van der Waals surface area contributed by atoms with Crippen LogP contribution in [0.5, 0.6) is 5.75 Å². The summed E-state index contributed by atoms with van der Waals surface area (Å²) in [6.07, 6.45) is 13.9. The third-order valence-electron chi connectivity index (χ3n) is 5.90. The summed E-state index contributed by atoms with van der Waals surface area (Å²) in [5.41, 5.74) is 13.5. The Labute approximate surface area is 238 Å². The highest BCUT2D eigenvalue weighted by Crippen LogP contribution is 2.24. The van der Waals surface area contributed by atoms with Crippen LogP contribution < -0.4 is 22.0 Å². The number of benzene rings is 1. The van der Waals surface area contributed by atoms with Gasteiger partial charge in [0.25, 0.3) is 0 Å². The van der Waals surface area contributed by atoms with Crippen LogP contribution >= 0.6 is 0 Å². The van der Waals surface area contributed by atoms with Crippen molar-refractivity contribution in [2.45, 2.75) is 45.8 Å². The number of nitrogens with two attached hydrogens (primary N) is 3. The van der Waals surface area contributed by atoms with E-state index in [-0.39, 0.29) is 11.9 Å². The lowest BCUT2D eigenvalue weighted by atomic mass is 10.0. The monoisotopic (exact) mass is 555 g/mol. The molecule has 0 bridgehead atoms. The van der Waals surface area contributed by atoms with Crippen molar-refractivity contribution >= 4 is 11.9 Å². The van der Waals surface area contributed by atoms with Crippen LogP contribution in [0.1, 0.15) is 38.7 Å². The summed E-state index contributed by atoms with van der Waals surface area (Å²) < 4.78 is 25.6. The van der Waals surface area contributed by atoms with Gasteiger partial charge in [-0.05, 0) is 50.3 Å². The van der Waals surface area contributed by atoms with E-state index >= 15 is 0 Å². The lowest BCUT2D eigenvalue weighted by molar-refractivity contribution is -0.00752. The summed E-state index contributed by atoms with van der Waals surface area (Å²) >= 11 is 0. The van der Waals surface area contributed by atoms with Crippen LogP contribution in [-0.2, 0) is 11.3 Å². The van der Waals surface area contributed by atoms with E-state index in [4.69, 9.17) is 26.5 Å². The molecule has 1 fully saturated rings. The zero-order chi connectivity index (χ0) is 29.9. The van der Waals surface area contributed by atoms with Crippen LogP contribution in [0.15, 0.2) is 83.4 Å². The smallest absolute Gasteiger partial charge is 0.131 e. The first-order valence-electron chi connectivity index (χ1n) is 13.3. The number of hydrazine groups is 1. The molecular formula is C30H46FN7O2. The lowest BCUT2D eigenvalue weighted by Gasteiger charge is -2.32. The van der Waals surface area contributed by atoms with Crippen LogP contribution in [0.25, 0.3) is 0 Å². The van der Waals surface area contributed by atoms with Gasteiger partial charge in [0, 0.05) is 73.8 Å². The van der Waals surface area contributed by atoms with Crippen molar-refractivity contribution in [3.8, 4) is 5.75 Å². The topological polar surface area (TPSA) is 139 Å². The van der Waals surface area contributed by atoms with E-state index in [2.05, 4.69) is 22.2 Å². The number of allylic oxidation sites excluding steroid dienone is 4. The number of halogens is 1. The highest BCUT2D eigenvalue weighted by Gasteiger charge is 2.21. The number of rotatable bonds is 14. The molecule has 2 rings (SSSR count). The third kappa shape index (κ3) is 12.1. The summed E-state index contributed by atoms with van der Waals surface area (Å²) in [5.74, 6) is 6.49. The molecule has 1 heterocycles. The Morgan fingerprint density at radius 2 is 2.12 bits per heavy atom. The van der Waals surface area contributed by atoms with Crippen molar-refractivity contribution in [1.29, 1.82) is 5.41 Å². The number of methoxy groups -OCH3 is 1. The van der Waals surface area contributed by atoms with Gasteiger partial charge < -0.3 is 26.4 Å². The SMILES string of the molecule is C=C(/C=C(\C/C(N)=C\CC)C(=N)C/C=C\N=CC)N(N)/C=C/C1CN(Cc2c(F)cccc2OC)CCO1.CN. The highest BCUT2D eigenvalue weighted by atomic mass is 19.1. The molecule has 7 N–H and O–H groups in total. The molecule has 0 aromatic heterocycles. The normalized spacial score (nSPS) is 16.8. The Morgan fingerprint density at radius 1 is 1.38 bits per heavy atom. The van der Waals surface area contributed by atoms with Crippen molar-refractivity contribution < 1.29 is 13.9 Å². The van der Waals surface area contributed by atoms with Gasteiger partial charge in [-0.25, -0.2) is 10.2 Å². The molecule has 10 heteroatoms. The Balaban J connectivity index is 0.00000391. The Kier molecular flexibility index (Phi) is 16.8. The summed E-state index contributed by atoms with van der Waals surface area (Å²) in [6.45, 7) is 10.1. The number of aliphatic imine (C=N–C) groups is 1. The van der Waals surface area contributed by atoms with Crippen molar-refractivity contribution in [3.63, 3.8) is 0 Å². The number of hydrogen-bond donors (Lipinski definition) is 4. The lowest BCUT2D eigenvalue weighted by Crippen LogP contribution is -2.41. The first-order chi connectivity index (χ1) is 19.3. The molecule has 0 saturated carbocycles. The maximum atomic E-state index is 14.4. The largest absolute Gasteiger partial charge is 0.496 e. The van der Waals surface area contributed by atoms with Gasteiger partial charge in [-0.3, -0.25) is 14.9 Å². The molecule has 1 unspecified atom stereocenters. The molecule has 1 aromatic carbocycles. The molecule has 1 aliphatic rings. The average molecular weight is 556 g/mol. The first-order valence-corrected chi connectivity index (χ1v) is 13.3. The van der Waals surface area contributed by atoms with Crippen molar-refractivity contribution in [3.05, 3.63) is 89.8 Å². The van der Waals surface area contributed by atoms with E-state index in [9.17, 15) is 4.39 Å². The average Bonchev–Trinajstić information content (AvgIpc) is 2.96. The summed E-state index contributed by atoms with van der Waals surface area (Å²) in [5, 5.41) is 9.92. The number of nitrogens with one attached hydrogen (secondary N) is 1. The fraction of sp³-hybridized carbons (Fsp3) is 0.400. The fourth-order valence-corrected chi connectivity index (χ4v) is 3.91. The predicted octanol–water partition coefficient (Wildman–Crippen LogP) is 4.40. The molecule has 0 spiro atoms.